The van der Waals surface area contributed by atoms with E-state index in [1.54, 1.807) is 24.3 Å². The number of nitrogens with two attached hydrogens (primary N) is 1. The summed E-state index contributed by atoms with van der Waals surface area (Å²) >= 11 is 0. The van der Waals surface area contributed by atoms with Crippen LogP contribution < -0.4 is 10.5 Å². The van der Waals surface area contributed by atoms with Gasteiger partial charge in [-0.2, -0.15) is 0 Å². The Labute approximate surface area is 99.5 Å². The molecule has 0 spiro atoms. The minimum atomic E-state index is -0.936. The van der Waals surface area contributed by atoms with Crippen molar-refractivity contribution in [3.8, 4) is 5.75 Å². The van der Waals surface area contributed by atoms with Crippen molar-refractivity contribution in [2.45, 2.75) is 20.0 Å². The number of carbonyl (C=O) groups is 2. The van der Waals surface area contributed by atoms with E-state index in [1.165, 1.54) is 6.92 Å². The largest absolute Gasteiger partial charge is 0.494 e. The lowest BCUT2D eigenvalue weighted by Gasteiger charge is -2.09. The van der Waals surface area contributed by atoms with E-state index >= 15 is 0 Å². The van der Waals surface area contributed by atoms with E-state index in [4.69, 9.17) is 15.2 Å². The Bertz CT molecular complexity index is 399. The number of benzene rings is 1. The van der Waals surface area contributed by atoms with Crippen LogP contribution in [0.1, 0.15) is 24.2 Å². The van der Waals surface area contributed by atoms with Crippen molar-refractivity contribution in [1.82, 2.24) is 0 Å². The Morgan fingerprint density at radius 3 is 2.35 bits per heavy atom. The molecule has 0 aliphatic rings. The molecule has 5 nitrogen and oxygen atoms in total. The maximum absolute atomic E-state index is 11.6. The average Bonchev–Trinajstić information content (AvgIpc) is 2.30. The molecule has 0 bridgehead atoms. The maximum Gasteiger partial charge on any atom is 0.338 e. The summed E-state index contributed by atoms with van der Waals surface area (Å²) in [6.07, 6.45) is -0.936. The summed E-state index contributed by atoms with van der Waals surface area (Å²) in [4.78, 5) is 22.3. The van der Waals surface area contributed by atoms with E-state index in [-0.39, 0.29) is 0 Å². The molecule has 17 heavy (non-hydrogen) atoms. The molecule has 0 aliphatic carbocycles. The SMILES string of the molecule is CCOc1ccc(C(=O)O[C@H](C)C(N)=O)cc1. The highest BCUT2D eigenvalue weighted by molar-refractivity contribution is 5.92. The molecule has 92 valence electrons. The molecule has 0 fully saturated rings. The summed E-state index contributed by atoms with van der Waals surface area (Å²) in [6.45, 7) is 3.86. The zero-order valence-electron chi connectivity index (χ0n) is 9.80. The summed E-state index contributed by atoms with van der Waals surface area (Å²) < 4.78 is 10.1. The molecule has 0 unspecified atom stereocenters. The first-order valence-corrected chi connectivity index (χ1v) is 5.27. The van der Waals surface area contributed by atoms with Crippen LogP contribution in [-0.4, -0.2) is 24.6 Å². The first-order valence-electron chi connectivity index (χ1n) is 5.27. The van der Waals surface area contributed by atoms with Gasteiger partial charge in [-0.05, 0) is 38.1 Å². The van der Waals surface area contributed by atoms with Gasteiger partial charge < -0.3 is 15.2 Å². The van der Waals surface area contributed by atoms with E-state index in [1.807, 2.05) is 6.92 Å². The molecule has 2 N–H and O–H groups in total. The van der Waals surface area contributed by atoms with Gasteiger partial charge >= 0.3 is 5.97 Å². The van der Waals surface area contributed by atoms with Crippen LogP contribution in [0.25, 0.3) is 0 Å². The van der Waals surface area contributed by atoms with Crippen LogP contribution in [0.4, 0.5) is 0 Å². The van der Waals surface area contributed by atoms with Crippen LogP contribution in [-0.2, 0) is 9.53 Å². The average molecular weight is 237 g/mol. The summed E-state index contributed by atoms with van der Waals surface area (Å²) in [5.74, 6) is -0.587. The number of rotatable bonds is 5. The lowest BCUT2D eigenvalue weighted by atomic mass is 10.2. The van der Waals surface area contributed by atoms with Gasteiger partial charge in [0.2, 0.25) is 0 Å². The zero-order valence-corrected chi connectivity index (χ0v) is 9.80. The van der Waals surface area contributed by atoms with Gasteiger partial charge in [0, 0.05) is 0 Å². The van der Waals surface area contributed by atoms with Crippen LogP contribution in [0.2, 0.25) is 0 Å². The number of carbonyl (C=O) groups excluding carboxylic acids is 2. The number of amides is 1. The van der Waals surface area contributed by atoms with Crippen LogP contribution in [0, 0.1) is 0 Å². The summed E-state index contributed by atoms with van der Waals surface area (Å²) in [7, 11) is 0. The molecule has 1 rings (SSSR count). The van der Waals surface area contributed by atoms with Crippen LogP contribution >= 0.6 is 0 Å². The minimum absolute atomic E-state index is 0.349. The molecule has 1 aromatic carbocycles. The third kappa shape index (κ3) is 3.79. The van der Waals surface area contributed by atoms with Crippen molar-refractivity contribution in [3.05, 3.63) is 29.8 Å². The van der Waals surface area contributed by atoms with Crippen molar-refractivity contribution < 1.29 is 19.1 Å². The molecule has 1 atom stereocenters. The normalized spacial score (nSPS) is 11.6. The van der Waals surface area contributed by atoms with Gasteiger partial charge in [-0.1, -0.05) is 0 Å². The van der Waals surface area contributed by atoms with E-state index in [0.717, 1.165) is 0 Å². The number of primary amides is 1. The van der Waals surface area contributed by atoms with Gasteiger partial charge in [0.15, 0.2) is 6.10 Å². The van der Waals surface area contributed by atoms with Crippen LogP contribution in [0.15, 0.2) is 24.3 Å². The van der Waals surface area contributed by atoms with Gasteiger partial charge in [-0.25, -0.2) is 4.79 Å². The van der Waals surface area contributed by atoms with Gasteiger partial charge in [0.05, 0.1) is 12.2 Å². The maximum atomic E-state index is 11.6. The molecule has 0 radical (unpaired) electrons. The minimum Gasteiger partial charge on any atom is -0.494 e. The number of esters is 1. The lowest BCUT2D eigenvalue weighted by Crippen LogP contribution is -2.30. The van der Waals surface area contributed by atoms with Gasteiger partial charge in [-0.15, -0.1) is 0 Å². The molecule has 1 aromatic rings. The Morgan fingerprint density at radius 1 is 1.29 bits per heavy atom. The highest BCUT2D eigenvalue weighted by Crippen LogP contribution is 2.13. The predicted octanol–water partition coefficient (Wildman–Crippen LogP) is 1.12. The fourth-order valence-corrected chi connectivity index (χ4v) is 1.14. The first kappa shape index (κ1) is 13.0. The van der Waals surface area contributed by atoms with Crippen LogP contribution in [0.3, 0.4) is 0 Å². The molecular weight excluding hydrogens is 222 g/mol. The molecule has 0 saturated carbocycles. The second-order valence-electron chi connectivity index (χ2n) is 3.41. The Morgan fingerprint density at radius 2 is 1.88 bits per heavy atom. The zero-order chi connectivity index (χ0) is 12.8. The van der Waals surface area contributed by atoms with Crippen molar-refractivity contribution in [3.63, 3.8) is 0 Å². The number of ether oxygens (including phenoxy) is 2. The third-order valence-corrected chi connectivity index (χ3v) is 2.09. The van der Waals surface area contributed by atoms with E-state index < -0.39 is 18.0 Å². The van der Waals surface area contributed by atoms with E-state index in [2.05, 4.69) is 0 Å². The van der Waals surface area contributed by atoms with E-state index in [9.17, 15) is 9.59 Å². The third-order valence-electron chi connectivity index (χ3n) is 2.09. The number of hydrogen-bond acceptors (Lipinski definition) is 4. The van der Waals surface area contributed by atoms with Gasteiger partial charge in [0.1, 0.15) is 5.75 Å². The Kier molecular flexibility index (Phi) is 4.51. The fraction of sp³-hybridized carbons (Fsp3) is 0.333. The van der Waals surface area contributed by atoms with Crippen molar-refractivity contribution >= 4 is 11.9 Å². The summed E-state index contributed by atoms with van der Waals surface area (Å²) in [5, 5.41) is 0. The quantitative estimate of drug-likeness (QED) is 0.778. The molecule has 0 aromatic heterocycles. The molecule has 0 saturated heterocycles. The fourth-order valence-electron chi connectivity index (χ4n) is 1.14. The van der Waals surface area contributed by atoms with Crippen molar-refractivity contribution in [2.24, 2.45) is 5.73 Å². The highest BCUT2D eigenvalue weighted by atomic mass is 16.5. The van der Waals surface area contributed by atoms with Gasteiger partial charge in [-0.3, -0.25) is 4.79 Å². The topological polar surface area (TPSA) is 78.6 Å². The molecule has 0 heterocycles. The smallest absolute Gasteiger partial charge is 0.338 e. The Hall–Kier alpha value is -2.04. The summed E-state index contributed by atoms with van der Waals surface area (Å²) in [6, 6.07) is 6.46. The summed E-state index contributed by atoms with van der Waals surface area (Å²) in [5.41, 5.74) is 5.34. The molecule has 5 heteroatoms. The standard InChI is InChI=1S/C12H15NO4/c1-3-16-10-6-4-9(5-7-10)12(15)17-8(2)11(13)14/h4-8H,3H2,1-2H3,(H2,13,14)/t8-/m1/s1. The van der Waals surface area contributed by atoms with Crippen LogP contribution in [0.5, 0.6) is 5.75 Å². The molecule has 1 amide bonds. The van der Waals surface area contributed by atoms with Gasteiger partial charge in [0.25, 0.3) is 5.91 Å². The van der Waals surface area contributed by atoms with Crippen molar-refractivity contribution in [2.75, 3.05) is 6.61 Å². The lowest BCUT2D eigenvalue weighted by molar-refractivity contribution is -0.125. The number of hydrogen-bond donors (Lipinski definition) is 1. The molecular formula is C12H15NO4. The molecule has 0 aliphatic heterocycles. The highest BCUT2D eigenvalue weighted by Gasteiger charge is 2.15. The predicted molar refractivity (Wildman–Crippen MR) is 61.7 cm³/mol. The van der Waals surface area contributed by atoms with Crippen molar-refractivity contribution in [1.29, 1.82) is 0 Å². The first-order chi connectivity index (χ1) is 8.04. The second kappa shape index (κ2) is 5.89. The van der Waals surface area contributed by atoms with E-state index in [0.29, 0.717) is 17.9 Å². The Balaban J connectivity index is 2.66. The second-order valence-corrected chi connectivity index (χ2v) is 3.41. The monoisotopic (exact) mass is 237 g/mol.